The zero-order valence-corrected chi connectivity index (χ0v) is 11.5. The third-order valence-electron chi connectivity index (χ3n) is 3.14. The van der Waals surface area contributed by atoms with Gasteiger partial charge in [-0.1, -0.05) is 6.07 Å². The van der Waals surface area contributed by atoms with Crippen molar-refractivity contribution in [3.05, 3.63) is 69.3 Å². The molecule has 0 fully saturated rings. The van der Waals surface area contributed by atoms with Crippen LogP contribution in [0.1, 0.15) is 24.1 Å². The van der Waals surface area contributed by atoms with Crippen molar-refractivity contribution in [1.82, 2.24) is 0 Å². The van der Waals surface area contributed by atoms with Crippen molar-refractivity contribution in [3.63, 3.8) is 0 Å². The molecule has 0 aromatic heterocycles. The highest BCUT2D eigenvalue weighted by atomic mass is 19.1. The van der Waals surface area contributed by atoms with Crippen molar-refractivity contribution in [3.8, 4) is 6.07 Å². The molecule has 2 aromatic rings. The molecule has 0 unspecified atom stereocenters. The van der Waals surface area contributed by atoms with E-state index >= 15 is 0 Å². The van der Waals surface area contributed by atoms with Gasteiger partial charge in [0.15, 0.2) is 0 Å². The van der Waals surface area contributed by atoms with E-state index in [9.17, 15) is 18.9 Å². The van der Waals surface area contributed by atoms with Crippen LogP contribution in [0.3, 0.4) is 0 Å². The molecule has 5 nitrogen and oxygen atoms in total. The number of anilines is 1. The van der Waals surface area contributed by atoms with E-state index in [1.165, 1.54) is 18.2 Å². The zero-order chi connectivity index (χ0) is 16.3. The lowest BCUT2D eigenvalue weighted by molar-refractivity contribution is -0.384. The van der Waals surface area contributed by atoms with Gasteiger partial charge in [-0.05, 0) is 19.1 Å². The number of nitro benzene ring substituents is 1. The van der Waals surface area contributed by atoms with Gasteiger partial charge >= 0.3 is 0 Å². The number of benzene rings is 2. The van der Waals surface area contributed by atoms with Crippen LogP contribution >= 0.6 is 0 Å². The van der Waals surface area contributed by atoms with Gasteiger partial charge in [0.25, 0.3) is 5.69 Å². The van der Waals surface area contributed by atoms with E-state index in [1.807, 2.05) is 6.07 Å². The smallest absolute Gasteiger partial charge is 0.270 e. The van der Waals surface area contributed by atoms with Crippen molar-refractivity contribution in [2.75, 3.05) is 5.32 Å². The Labute approximate surface area is 125 Å². The van der Waals surface area contributed by atoms with E-state index in [4.69, 9.17) is 5.26 Å². The molecule has 1 N–H and O–H groups in total. The monoisotopic (exact) mass is 303 g/mol. The minimum atomic E-state index is -0.708. The van der Waals surface area contributed by atoms with E-state index in [0.29, 0.717) is 5.69 Å². The first-order chi connectivity index (χ1) is 10.4. The summed E-state index contributed by atoms with van der Waals surface area (Å²) in [6.07, 6.45) is 0. The average molecular weight is 303 g/mol. The molecule has 0 heterocycles. The quantitative estimate of drug-likeness (QED) is 0.686. The summed E-state index contributed by atoms with van der Waals surface area (Å²) in [6.45, 7) is 1.64. The highest BCUT2D eigenvalue weighted by molar-refractivity contribution is 5.62. The van der Waals surface area contributed by atoms with Gasteiger partial charge in [0.2, 0.25) is 0 Å². The number of nitrogens with one attached hydrogen (secondary N) is 1. The van der Waals surface area contributed by atoms with Gasteiger partial charge < -0.3 is 5.32 Å². The second-order valence-corrected chi connectivity index (χ2v) is 4.63. The van der Waals surface area contributed by atoms with Crippen molar-refractivity contribution in [2.24, 2.45) is 0 Å². The fraction of sp³-hybridized carbons (Fsp3) is 0.133. The Morgan fingerprint density at radius 1 is 1.27 bits per heavy atom. The van der Waals surface area contributed by atoms with Gasteiger partial charge in [-0.3, -0.25) is 10.1 Å². The number of non-ortho nitro benzene ring substituents is 1. The summed E-state index contributed by atoms with van der Waals surface area (Å²) in [5.74, 6) is -1.39. The minimum Gasteiger partial charge on any atom is -0.377 e. The largest absolute Gasteiger partial charge is 0.377 e. The van der Waals surface area contributed by atoms with Crippen molar-refractivity contribution >= 4 is 11.4 Å². The topological polar surface area (TPSA) is 79.0 Å². The average Bonchev–Trinajstić information content (AvgIpc) is 2.47. The Kier molecular flexibility index (Phi) is 4.32. The minimum absolute atomic E-state index is 0.0727. The van der Waals surface area contributed by atoms with Gasteiger partial charge in [0, 0.05) is 23.8 Å². The lowest BCUT2D eigenvalue weighted by Gasteiger charge is -2.17. The van der Waals surface area contributed by atoms with Gasteiger partial charge in [-0.25, -0.2) is 8.78 Å². The molecule has 1 atom stereocenters. The Hall–Kier alpha value is -3.01. The highest BCUT2D eigenvalue weighted by Gasteiger charge is 2.15. The molecule has 0 amide bonds. The summed E-state index contributed by atoms with van der Waals surface area (Å²) < 4.78 is 26.6. The van der Waals surface area contributed by atoms with Crippen LogP contribution in [0.2, 0.25) is 0 Å². The fourth-order valence-electron chi connectivity index (χ4n) is 2.03. The van der Waals surface area contributed by atoms with Gasteiger partial charge in [-0.15, -0.1) is 0 Å². The van der Waals surface area contributed by atoms with E-state index in [0.717, 1.165) is 18.2 Å². The fourth-order valence-corrected chi connectivity index (χ4v) is 2.03. The molecule has 0 spiro atoms. The normalized spacial score (nSPS) is 11.5. The first-order valence-electron chi connectivity index (χ1n) is 6.32. The van der Waals surface area contributed by atoms with Crippen molar-refractivity contribution in [2.45, 2.75) is 13.0 Å². The molecule has 0 aliphatic carbocycles. The van der Waals surface area contributed by atoms with Crippen LogP contribution in [0.4, 0.5) is 20.2 Å². The first-order valence-corrected chi connectivity index (χ1v) is 6.32. The summed E-state index contributed by atoms with van der Waals surface area (Å²) in [7, 11) is 0. The Morgan fingerprint density at radius 2 is 2.00 bits per heavy atom. The molecule has 22 heavy (non-hydrogen) atoms. The summed E-state index contributed by atoms with van der Waals surface area (Å²) >= 11 is 0. The summed E-state index contributed by atoms with van der Waals surface area (Å²) in [4.78, 5) is 10.1. The molecule has 2 rings (SSSR count). The molecular weight excluding hydrogens is 292 g/mol. The third-order valence-corrected chi connectivity index (χ3v) is 3.14. The van der Waals surface area contributed by atoms with E-state index in [2.05, 4.69) is 5.32 Å². The SMILES string of the molecule is C[C@@H](Nc1ccc([N+](=O)[O-])cc1C#N)c1ccc(F)cc1F. The molecule has 0 aliphatic heterocycles. The molecule has 0 radical (unpaired) electrons. The summed E-state index contributed by atoms with van der Waals surface area (Å²) in [6, 6.07) is 8.28. The summed E-state index contributed by atoms with van der Waals surface area (Å²) in [5.41, 5.74) is 0.430. The first kappa shape index (κ1) is 15.4. The Morgan fingerprint density at radius 3 is 2.59 bits per heavy atom. The molecular formula is C15H11F2N3O2. The Balaban J connectivity index is 2.30. The van der Waals surface area contributed by atoms with Crippen molar-refractivity contribution < 1.29 is 13.7 Å². The summed E-state index contributed by atoms with van der Waals surface area (Å²) in [5, 5.41) is 22.7. The van der Waals surface area contributed by atoms with Crippen LogP contribution in [-0.4, -0.2) is 4.92 Å². The molecule has 0 aliphatic rings. The number of nitriles is 1. The van der Waals surface area contributed by atoms with Gasteiger partial charge in [0.1, 0.15) is 17.7 Å². The van der Waals surface area contributed by atoms with E-state index in [-0.39, 0.29) is 16.8 Å². The molecule has 0 saturated carbocycles. The van der Waals surface area contributed by atoms with Crippen LogP contribution in [0.25, 0.3) is 0 Å². The van der Waals surface area contributed by atoms with Crippen LogP contribution in [0.5, 0.6) is 0 Å². The number of nitro groups is 1. The third kappa shape index (κ3) is 3.17. The second kappa shape index (κ2) is 6.18. The van der Waals surface area contributed by atoms with Crippen LogP contribution in [0, 0.1) is 33.1 Å². The molecule has 2 aromatic carbocycles. The number of hydrogen-bond donors (Lipinski definition) is 1. The number of rotatable bonds is 4. The van der Waals surface area contributed by atoms with Gasteiger partial charge in [-0.2, -0.15) is 5.26 Å². The molecule has 0 bridgehead atoms. The number of nitrogens with zero attached hydrogens (tertiary/aromatic N) is 2. The Bertz CT molecular complexity index is 772. The molecule has 7 heteroatoms. The zero-order valence-electron chi connectivity index (χ0n) is 11.5. The lowest BCUT2D eigenvalue weighted by atomic mass is 10.1. The predicted octanol–water partition coefficient (Wildman–Crippen LogP) is 3.92. The molecule has 112 valence electrons. The van der Waals surface area contributed by atoms with E-state index < -0.39 is 22.6 Å². The van der Waals surface area contributed by atoms with Crippen LogP contribution in [0.15, 0.2) is 36.4 Å². The predicted molar refractivity (Wildman–Crippen MR) is 76.2 cm³/mol. The number of halogens is 2. The standard InChI is InChI=1S/C15H11F2N3O2/c1-9(13-4-2-11(16)7-14(13)17)19-15-5-3-12(20(21)22)6-10(15)8-18/h2-7,9,19H,1H3/t9-/m1/s1. The lowest BCUT2D eigenvalue weighted by Crippen LogP contribution is -2.10. The second-order valence-electron chi connectivity index (χ2n) is 4.63. The maximum absolute atomic E-state index is 13.7. The maximum atomic E-state index is 13.7. The van der Waals surface area contributed by atoms with Crippen molar-refractivity contribution in [1.29, 1.82) is 5.26 Å². The van der Waals surface area contributed by atoms with E-state index in [1.54, 1.807) is 6.92 Å². The molecule has 0 saturated heterocycles. The van der Waals surface area contributed by atoms with Gasteiger partial charge in [0.05, 0.1) is 22.2 Å². The van der Waals surface area contributed by atoms with Crippen LogP contribution < -0.4 is 5.32 Å². The maximum Gasteiger partial charge on any atom is 0.270 e. The number of hydrogen-bond acceptors (Lipinski definition) is 4. The highest BCUT2D eigenvalue weighted by Crippen LogP contribution is 2.27. The van der Waals surface area contributed by atoms with Crippen LogP contribution in [-0.2, 0) is 0 Å².